The summed E-state index contributed by atoms with van der Waals surface area (Å²) >= 11 is 0. The van der Waals surface area contributed by atoms with Gasteiger partial charge in [0.15, 0.2) is 0 Å². The molecule has 4 nitrogen and oxygen atoms in total. The Morgan fingerprint density at radius 2 is 1.63 bits per heavy atom. The second-order valence-electron chi connectivity index (χ2n) is 6.48. The van der Waals surface area contributed by atoms with Gasteiger partial charge in [0, 0.05) is 18.9 Å². The molecular weight excluding hydrogens is 340 g/mol. The van der Waals surface area contributed by atoms with Crippen molar-refractivity contribution >= 4 is 5.97 Å². The van der Waals surface area contributed by atoms with Crippen LogP contribution in [-0.4, -0.2) is 34.0 Å². The molecule has 0 fully saturated rings. The molecule has 4 heteroatoms. The quantitative estimate of drug-likeness (QED) is 0.202. The highest BCUT2D eigenvalue weighted by molar-refractivity contribution is 5.66. The minimum atomic E-state index is -0.725. The fourth-order valence-corrected chi connectivity index (χ4v) is 2.26. The smallest absolute Gasteiger partial charge is 0.303 e. The first kappa shape index (κ1) is 25.1. The molecule has 2 unspecified atom stereocenters. The molecule has 0 aliphatic rings. The van der Waals surface area contributed by atoms with Crippen LogP contribution in [0, 0.1) is 5.92 Å². The largest absolute Gasteiger partial charge is 0.481 e. The Balaban J connectivity index is 3.88. The van der Waals surface area contributed by atoms with Crippen LogP contribution in [0.15, 0.2) is 60.8 Å². The summed E-state index contributed by atoms with van der Waals surface area (Å²) in [6.45, 7) is 2.06. The molecule has 0 aliphatic heterocycles. The fraction of sp³-hybridized carbons (Fsp3) is 0.522. The summed E-state index contributed by atoms with van der Waals surface area (Å²) in [5.74, 6) is -0.608. The summed E-state index contributed by atoms with van der Waals surface area (Å²) in [6.07, 6.45) is 25.6. The van der Waals surface area contributed by atoms with Gasteiger partial charge in [-0.15, -0.1) is 0 Å². The number of aliphatic hydroxyl groups is 2. The number of hydrogen-bond donors (Lipinski definition) is 3. The second-order valence-corrected chi connectivity index (χ2v) is 6.48. The SMILES string of the molecule is CCC(O)/C=C/C=C\C/C=C\C=C/C(CO)C/C=C\CCCCCC(=O)O. The van der Waals surface area contributed by atoms with E-state index in [1.165, 1.54) is 0 Å². The monoisotopic (exact) mass is 376 g/mol. The zero-order chi connectivity index (χ0) is 20.2. The number of hydrogen-bond acceptors (Lipinski definition) is 3. The predicted molar refractivity (Wildman–Crippen MR) is 113 cm³/mol. The molecule has 0 spiro atoms. The average Bonchev–Trinajstić information content (AvgIpc) is 2.66. The first-order valence-electron chi connectivity index (χ1n) is 9.92. The third kappa shape index (κ3) is 18.7. The Kier molecular flexibility index (Phi) is 17.5. The van der Waals surface area contributed by atoms with E-state index in [1.54, 1.807) is 6.08 Å². The average molecular weight is 377 g/mol. The predicted octanol–water partition coefficient (Wildman–Crippen LogP) is 4.96. The van der Waals surface area contributed by atoms with Crippen LogP contribution in [0.25, 0.3) is 0 Å². The van der Waals surface area contributed by atoms with Crippen molar-refractivity contribution in [2.45, 2.75) is 64.4 Å². The van der Waals surface area contributed by atoms with E-state index in [1.807, 2.05) is 49.5 Å². The van der Waals surface area contributed by atoms with Crippen LogP contribution in [0.2, 0.25) is 0 Å². The van der Waals surface area contributed by atoms with E-state index in [0.29, 0.717) is 0 Å². The lowest BCUT2D eigenvalue weighted by Gasteiger charge is -2.04. The standard InChI is InChI=1S/C23H36O4/c1-2-22(25)18-14-10-5-3-4-8-12-16-21(20-24)17-13-9-6-7-11-15-19-23(26)27/h4-5,8-10,12-14,16,18,21-22,24-25H,2-3,6-7,11,15,17,19-20H2,1H3,(H,26,27)/b8-4-,10-5-,13-9-,16-12-,18-14+. The van der Waals surface area contributed by atoms with Crippen molar-refractivity contribution in [3.05, 3.63) is 60.8 Å². The first-order valence-corrected chi connectivity index (χ1v) is 9.92. The van der Waals surface area contributed by atoms with E-state index in [4.69, 9.17) is 5.11 Å². The molecule has 3 N–H and O–H groups in total. The molecule has 27 heavy (non-hydrogen) atoms. The summed E-state index contributed by atoms with van der Waals surface area (Å²) in [7, 11) is 0. The molecule has 0 aromatic rings. The van der Waals surface area contributed by atoms with E-state index in [0.717, 1.165) is 44.9 Å². The number of aliphatic carboxylic acids is 1. The maximum Gasteiger partial charge on any atom is 0.303 e. The van der Waals surface area contributed by atoms with Gasteiger partial charge in [-0.2, -0.15) is 0 Å². The molecule has 0 aromatic carbocycles. The number of allylic oxidation sites excluding steroid dienone is 8. The first-order chi connectivity index (χ1) is 13.1. The molecule has 0 radical (unpaired) electrons. The second kappa shape index (κ2) is 18.9. The normalized spacial score (nSPS) is 15.1. The Labute approximate surface area is 164 Å². The van der Waals surface area contributed by atoms with Gasteiger partial charge in [-0.1, -0.05) is 74.1 Å². The lowest BCUT2D eigenvalue weighted by Crippen LogP contribution is -2.00. The number of unbranched alkanes of at least 4 members (excludes halogenated alkanes) is 3. The van der Waals surface area contributed by atoms with Crippen molar-refractivity contribution in [3.63, 3.8) is 0 Å². The molecule has 0 amide bonds. The van der Waals surface area contributed by atoms with Crippen molar-refractivity contribution in [3.8, 4) is 0 Å². The summed E-state index contributed by atoms with van der Waals surface area (Å²) in [5.41, 5.74) is 0. The lowest BCUT2D eigenvalue weighted by atomic mass is 10.0. The van der Waals surface area contributed by atoms with Crippen LogP contribution in [0.1, 0.15) is 58.3 Å². The van der Waals surface area contributed by atoms with E-state index < -0.39 is 5.97 Å². The van der Waals surface area contributed by atoms with Crippen LogP contribution in [0.4, 0.5) is 0 Å². The van der Waals surface area contributed by atoms with Gasteiger partial charge in [-0.3, -0.25) is 4.79 Å². The molecule has 0 aromatic heterocycles. The minimum Gasteiger partial charge on any atom is -0.481 e. The minimum absolute atomic E-state index is 0.118. The Morgan fingerprint density at radius 3 is 2.26 bits per heavy atom. The van der Waals surface area contributed by atoms with Gasteiger partial charge >= 0.3 is 5.97 Å². The molecule has 2 atom stereocenters. The van der Waals surface area contributed by atoms with Gasteiger partial charge in [0.05, 0.1) is 6.10 Å². The number of carbonyl (C=O) groups is 1. The molecule has 0 bridgehead atoms. The number of carboxylic acid groups (broad SMARTS) is 1. The Hall–Kier alpha value is -1.91. The third-order valence-corrected chi connectivity index (χ3v) is 4.00. The Bertz CT molecular complexity index is 501. The number of aliphatic hydroxyl groups excluding tert-OH is 2. The zero-order valence-corrected chi connectivity index (χ0v) is 16.5. The summed E-state index contributed by atoms with van der Waals surface area (Å²) in [4.78, 5) is 10.4. The van der Waals surface area contributed by atoms with Crippen LogP contribution >= 0.6 is 0 Å². The van der Waals surface area contributed by atoms with Gasteiger partial charge in [0.2, 0.25) is 0 Å². The maximum atomic E-state index is 10.4. The van der Waals surface area contributed by atoms with Crippen LogP contribution in [0.3, 0.4) is 0 Å². The van der Waals surface area contributed by atoms with E-state index in [-0.39, 0.29) is 25.0 Å². The van der Waals surface area contributed by atoms with Crippen molar-refractivity contribution in [2.24, 2.45) is 5.92 Å². The van der Waals surface area contributed by atoms with Crippen LogP contribution in [0.5, 0.6) is 0 Å². The van der Waals surface area contributed by atoms with E-state index >= 15 is 0 Å². The summed E-state index contributed by atoms with van der Waals surface area (Å²) in [5, 5.41) is 27.3. The Morgan fingerprint density at radius 1 is 0.926 bits per heavy atom. The molecule has 0 saturated carbocycles. The van der Waals surface area contributed by atoms with Gasteiger partial charge < -0.3 is 15.3 Å². The molecule has 152 valence electrons. The topological polar surface area (TPSA) is 77.8 Å². The fourth-order valence-electron chi connectivity index (χ4n) is 2.26. The van der Waals surface area contributed by atoms with Gasteiger partial charge in [0.1, 0.15) is 0 Å². The highest BCUT2D eigenvalue weighted by Gasteiger charge is 1.99. The van der Waals surface area contributed by atoms with Crippen molar-refractivity contribution < 1.29 is 20.1 Å². The molecule has 0 rings (SSSR count). The van der Waals surface area contributed by atoms with Crippen molar-refractivity contribution in [1.82, 2.24) is 0 Å². The lowest BCUT2D eigenvalue weighted by molar-refractivity contribution is -0.137. The van der Waals surface area contributed by atoms with Gasteiger partial charge in [-0.05, 0) is 38.5 Å². The van der Waals surface area contributed by atoms with Crippen LogP contribution < -0.4 is 0 Å². The van der Waals surface area contributed by atoms with E-state index in [2.05, 4.69) is 12.2 Å². The van der Waals surface area contributed by atoms with Crippen molar-refractivity contribution in [2.75, 3.05) is 6.61 Å². The highest BCUT2D eigenvalue weighted by atomic mass is 16.4. The summed E-state index contributed by atoms with van der Waals surface area (Å²) < 4.78 is 0. The van der Waals surface area contributed by atoms with Crippen LogP contribution in [-0.2, 0) is 4.79 Å². The summed E-state index contributed by atoms with van der Waals surface area (Å²) in [6, 6.07) is 0. The highest BCUT2D eigenvalue weighted by Crippen LogP contribution is 2.08. The molecule has 0 saturated heterocycles. The van der Waals surface area contributed by atoms with E-state index in [9.17, 15) is 15.0 Å². The molecule has 0 aliphatic carbocycles. The number of rotatable bonds is 16. The molecule has 0 heterocycles. The zero-order valence-electron chi connectivity index (χ0n) is 16.5. The van der Waals surface area contributed by atoms with Crippen molar-refractivity contribution in [1.29, 1.82) is 0 Å². The van der Waals surface area contributed by atoms with Gasteiger partial charge in [0.25, 0.3) is 0 Å². The van der Waals surface area contributed by atoms with Gasteiger partial charge in [-0.25, -0.2) is 0 Å². The number of carboxylic acids is 1. The third-order valence-electron chi connectivity index (χ3n) is 4.00. The molecular formula is C23H36O4. The maximum absolute atomic E-state index is 10.4.